The zero-order valence-electron chi connectivity index (χ0n) is 12.2. The Morgan fingerprint density at radius 3 is 2.58 bits per heavy atom. The minimum Gasteiger partial charge on any atom is -0.461 e. The van der Waals surface area contributed by atoms with Crippen LogP contribution in [0.15, 0.2) is 43.0 Å². The summed E-state index contributed by atoms with van der Waals surface area (Å²) >= 11 is 0. The molecule has 2 nitrogen and oxygen atoms in total. The van der Waals surface area contributed by atoms with E-state index in [1.807, 2.05) is 32.0 Å². The Labute approximate surface area is 116 Å². The normalized spacial score (nSPS) is 15.3. The molecule has 0 aromatic heterocycles. The monoisotopic (exact) mass is 260 g/mol. The Morgan fingerprint density at radius 1 is 1.42 bits per heavy atom. The summed E-state index contributed by atoms with van der Waals surface area (Å²) in [5, 5.41) is 0. The third kappa shape index (κ3) is 4.23. The molecule has 104 valence electrons. The van der Waals surface area contributed by atoms with E-state index in [9.17, 15) is 4.79 Å². The van der Waals surface area contributed by atoms with Crippen LogP contribution in [0.5, 0.6) is 0 Å². The summed E-state index contributed by atoms with van der Waals surface area (Å²) in [4.78, 5) is 12.2. The molecule has 0 spiro atoms. The first-order chi connectivity index (χ1) is 9.03. The van der Waals surface area contributed by atoms with Gasteiger partial charge in [-0.15, -0.1) is 0 Å². The van der Waals surface area contributed by atoms with Crippen molar-refractivity contribution in [2.75, 3.05) is 6.61 Å². The lowest BCUT2D eigenvalue weighted by atomic mass is 9.77. The van der Waals surface area contributed by atoms with Crippen LogP contribution in [-0.4, -0.2) is 12.6 Å². The van der Waals surface area contributed by atoms with Gasteiger partial charge in [0, 0.05) is 0 Å². The molecule has 2 unspecified atom stereocenters. The topological polar surface area (TPSA) is 26.3 Å². The molecule has 19 heavy (non-hydrogen) atoms. The fourth-order valence-electron chi connectivity index (χ4n) is 2.26. The first kappa shape index (κ1) is 15.5. The lowest BCUT2D eigenvalue weighted by Crippen LogP contribution is -2.31. The minimum atomic E-state index is -0.432. The number of esters is 1. The first-order valence-corrected chi connectivity index (χ1v) is 6.86. The summed E-state index contributed by atoms with van der Waals surface area (Å²) in [5.41, 5.74) is 0.830. The molecule has 2 heteroatoms. The molecule has 0 bridgehead atoms. The quantitative estimate of drug-likeness (QED) is 0.539. The van der Waals surface area contributed by atoms with Gasteiger partial charge >= 0.3 is 5.97 Å². The largest absolute Gasteiger partial charge is 0.461 e. The van der Waals surface area contributed by atoms with E-state index in [0.29, 0.717) is 5.92 Å². The van der Waals surface area contributed by atoms with Crippen LogP contribution in [0.1, 0.15) is 45.1 Å². The van der Waals surface area contributed by atoms with Gasteiger partial charge in [-0.1, -0.05) is 56.8 Å². The van der Waals surface area contributed by atoms with Crippen LogP contribution in [0, 0.1) is 5.41 Å². The van der Waals surface area contributed by atoms with Crippen molar-refractivity contribution in [1.82, 2.24) is 0 Å². The number of rotatable bonds is 7. The summed E-state index contributed by atoms with van der Waals surface area (Å²) in [6.07, 6.45) is 3.18. The van der Waals surface area contributed by atoms with Gasteiger partial charge in [-0.25, -0.2) is 0 Å². The number of benzene rings is 1. The highest BCUT2D eigenvalue weighted by atomic mass is 16.5. The van der Waals surface area contributed by atoms with E-state index in [4.69, 9.17) is 4.74 Å². The molecule has 2 atom stereocenters. The maximum absolute atomic E-state index is 12.2. The zero-order valence-corrected chi connectivity index (χ0v) is 12.2. The van der Waals surface area contributed by atoms with E-state index >= 15 is 0 Å². The molecule has 0 heterocycles. The average molecular weight is 260 g/mol. The van der Waals surface area contributed by atoms with Crippen LogP contribution in [-0.2, 0) is 9.53 Å². The van der Waals surface area contributed by atoms with Gasteiger partial charge in [0.15, 0.2) is 0 Å². The highest BCUT2D eigenvalue weighted by Gasteiger charge is 2.34. The van der Waals surface area contributed by atoms with Gasteiger partial charge in [0.25, 0.3) is 0 Å². The summed E-state index contributed by atoms with van der Waals surface area (Å²) < 4.78 is 5.23. The molecule has 0 aliphatic carbocycles. The maximum Gasteiger partial charge on any atom is 0.312 e. The van der Waals surface area contributed by atoms with Crippen LogP contribution in [0.25, 0.3) is 0 Å². The van der Waals surface area contributed by atoms with E-state index in [-0.39, 0.29) is 12.6 Å². The molecule has 0 radical (unpaired) electrons. The molecular formula is C17H24O2. The summed E-state index contributed by atoms with van der Waals surface area (Å²) in [6.45, 7) is 10.0. The SMILES string of the molecule is C=CCOC(=O)C(C)(CC)CC(C)c1ccccc1. The third-order valence-electron chi connectivity index (χ3n) is 3.73. The Bertz CT molecular complexity index is 411. The Kier molecular flexibility index (Phi) is 5.81. The van der Waals surface area contributed by atoms with Crippen molar-refractivity contribution in [2.45, 2.75) is 39.5 Å². The van der Waals surface area contributed by atoms with E-state index in [1.165, 1.54) is 5.56 Å². The van der Waals surface area contributed by atoms with Gasteiger partial charge in [0.05, 0.1) is 5.41 Å². The molecule has 0 aliphatic rings. The maximum atomic E-state index is 12.2. The molecule has 1 aromatic rings. The summed E-state index contributed by atoms with van der Waals surface area (Å²) in [7, 11) is 0. The number of ether oxygens (including phenoxy) is 1. The van der Waals surface area contributed by atoms with E-state index < -0.39 is 5.41 Å². The smallest absolute Gasteiger partial charge is 0.312 e. The minimum absolute atomic E-state index is 0.127. The highest BCUT2D eigenvalue weighted by Crippen LogP contribution is 2.35. The van der Waals surface area contributed by atoms with Crippen molar-refractivity contribution in [3.8, 4) is 0 Å². The van der Waals surface area contributed by atoms with Crippen molar-refractivity contribution in [1.29, 1.82) is 0 Å². The van der Waals surface area contributed by atoms with Crippen LogP contribution in [0.4, 0.5) is 0 Å². The van der Waals surface area contributed by atoms with Crippen LogP contribution in [0.3, 0.4) is 0 Å². The van der Waals surface area contributed by atoms with Gasteiger partial charge in [-0.3, -0.25) is 4.79 Å². The Balaban J connectivity index is 2.74. The first-order valence-electron chi connectivity index (χ1n) is 6.86. The lowest BCUT2D eigenvalue weighted by molar-refractivity contribution is -0.154. The average Bonchev–Trinajstić information content (AvgIpc) is 2.45. The van der Waals surface area contributed by atoms with Crippen molar-refractivity contribution in [3.05, 3.63) is 48.6 Å². The molecule has 0 saturated heterocycles. The second-order valence-corrected chi connectivity index (χ2v) is 5.32. The summed E-state index contributed by atoms with van der Waals surface area (Å²) in [5.74, 6) is 0.208. The van der Waals surface area contributed by atoms with E-state index in [2.05, 4.69) is 25.6 Å². The predicted molar refractivity (Wildman–Crippen MR) is 79.0 cm³/mol. The Hall–Kier alpha value is -1.57. The zero-order chi connectivity index (χ0) is 14.3. The van der Waals surface area contributed by atoms with Crippen LogP contribution < -0.4 is 0 Å². The molecule has 0 aliphatic heterocycles. The van der Waals surface area contributed by atoms with Gasteiger partial charge in [-0.05, 0) is 31.2 Å². The van der Waals surface area contributed by atoms with Crippen LogP contribution >= 0.6 is 0 Å². The van der Waals surface area contributed by atoms with Gasteiger partial charge < -0.3 is 4.74 Å². The standard InChI is InChI=1S/C17H24O2/c1-5-12-19-16(18)17(4,6-2)13-14(3)15-10-8-7-9-11-15/h5,7-11,14H,1,6,12-13H2,2-4H3. The van der Waals surface area contributed by atoms with E-state index in [1.54, 1.807) is 6.08 Å². The van der Waals surface area contributed by atoms with Gasteiger partial charge in [-0.2, -0.15) is 0 Å². The molecule has 0 N–H and O–H groups in total. The Morgan fingerprint density at radius 2 is 2.05 bits per heavy atom. The summed E-state index contributed by atoms with van der Waals surface area (Å²) in [6, 6.07) is 10.3. The van der Waals surface area contributed by atoms with Crippen molar-refractivity contribution >= 4 is 5.97 Å². The van der Waals surface area contributed by atoms with Crippen molar-refractivity contribution < 1.29 is 9.53 Å². The second-order valence-electron chi connectivity index (χ2n) is 5.32. The molecule has 0 fully saturated rings. The molecule has 1 aromatic carbocycles. The van der Waals surface area contributed by atoms with E-state index in [0.717, 1.165) is 12.8 Å². The third-order valence-corrected chi connectivity index (χ3v) is 3.73. The number of hydrogen-bond acceptors (Lipinski definition) is 2. The second kappa shape index (κ2) is 7.13. The van der Waals surface area contributed by atoms with Gasteiger partial charge in [0.2, 0.25) is 0 Å². The fraction of sp³-hybridized carbons (Fsp3) is 0.471. The number of hydrogen-bond donors (Lipinski definition) is 0. The lowest BCUT2D eigenvalue weighted by Gasteiger charge is -2.29. The predicted octanol–water partition coefficient (Wildman–Crippen LogP) is 4.33. The molecule has 0 saturated carbocycles. The molecular weight excluding hydrogens is 236 g/mol. The van der Waals surface area contributed by atoms with Crippen molar-refractivity contribution in [3.63, 3.8) is 0 Å². The van der Waals surface area contributed by atoms with Crippen molar-refractivity contribution in [2.24, 2.45) is 5.41 Å². The van der Waals surface area contributed by atoms with Gasteiger partial charge in [0.1, 0.15) is 6.61 Å². The molecule has 0 amide bonds. The fourth-order valence-corrected chi connectivity index (χ4v) is 2.26. The number of carbonyl (C=O) groups is 1. The van der Waals surface area contributed by atoms with Crippen LogP contribution in [0.2, 0.25) is 0 Å². The molecule has 1 rings (SSSR count). The highest BCUT2D eigenvalue weighted by molar-refractivity contribution is 5.76. The number of carbonyl (C=O) groups excluding carboxylic acids is 1.